The Morgan fingerprint density at radius 3 is 1.70 bits per heavy atom. The summed E-state index contributed by atoms with van der Waals surface area (Å²) in [5.74, 6) is 3.29. The molecule has 158 valence electrons. The molecular weight excluding hydrogens is 415 g/mol. The fraction of sp³-hybridized carbons (Fsp3) is 0.435. The SMILES string of the molecule is O=P(NC(=S)NC12CC3CC(CC(C3)C1)C2)(Oc1ccccc1)Oc1ccccc1. The van der Waals surface area contributed by atoms with Crippen LogP contribution in [0.4, 0.5) is 0 Å². The summed E-state index contributed by atoms with van der Waals surface area (Å²) in [5, 5.41) is 6.78. The van der Waals surface area contributed by atoms with Gasteiger partial charge in [-0.2, -0.15) is 0 Å². The molecule has 2 N–H and O–H groups in total. The lowest BCUT2D eigenvalue weighted by molar-refractivity contribution is -0.00999. The van der Waals surface area contributed by atoms with Gasteiger partial charge in [0.25, 0.3) is 0 Å². The number of thiocarbonyl (C=S) groups is 1. The minimum Gasteiger partial charge on any atom is -0.400 e. The number of para-hydroxylation sites is 2. The van der Waals surface area contributed by atoms with Crippen LogP contribution >= 0.6 is 20.0 Å². The minimum atomic E-state index is -3.78. The highest BCUT2D eigenvalue weighted by atomic mass is 32.1. The molecule has 2 aromatic rings. The van der Waals surface area contributed by atoms with Crippen LogP contribution in [-0.4, -0.2) is 10.7 Å². The smallest absolute Gasteiger partial charge is 0.400 e. The van der Waals surface area contributed by atoms with Crippen LogP contribution in [0, 0.1) is 17.8 Å². The van der Waals surface area contributed by atoms with Crippen LogP contribution < -0.4 is 19.5 Å². The monoisotopic (exact) mass is 442 g/mol. The summed E-state index contributed by atoms with van der Waals surface area (Å²) in [5.41, 5.74) is 0.0170. The van der Waals surface area contributed by atoms with E-state index in [0.29, 0.717) is 16.6 Å². The van der Waals surface area contributed by atoms with Crippen molar-refractivity contribution in [3.05, 3.63) is 60.7 Å². The first-order valence-corrected chi connectivity index (χ1v) is 12.6. The molecule has 4 aliphatic carbocycles. The fourth-order valence-corrected chi connectivity index (χ4v) is 7.75. The number of benzene rings is 2. The second-order valence-corrected chi connectivity index (χ2v) is 11.1. The van der Waals surface area contributed by atoms with Crippen molar-refractivity contribution in [1.82, 2.24) is 10.4 Å². The molecular formula is C23H27N2O3PS. The van der Waals surface area contributed by atoms with Crippen LogP contribution in [0.15, 0.2) is 60.7 Å². The van der Waals surface area contributed by atoms with E-state index in [9.17, 15) is 4.57 Å². The van der Waals surface area contributed by atoms with Crippen molar-refractivity contribution >= 4 is 25.1 Å². The van der Waals surface area contributed by atoms with Crippen molar-refractivity contribution < 1.29 is 13.6 Å². The Balaban J connectivity index is 1.33. The Labute approximate surface area is 183 Å². The first-order valence-electron chi connectivity index (χ1n) is 10.7. The van der Waals surface area contributed by atoms with Gasteiger partial charge in [0.05, 0.1) is 0 Å². The van der Waals surface area contributed by atoms with Crippen LogP contribution in [0.3, 0.4) is 0 Å². The summed E-state index contributed by atoms with van der Waals surface area (Å²) in [6, 6.07) is 18.1. The van der Waals surface area contributed by atoms with Gasteiger partial charge >= 0.3 is 7.75 Å². The topological polar surface area (TPSA) is 59.6 Å². The van der Waals surface area contributed by atoms with E-state index in [2.05, 4.69) is 10.4 Å². The third-order valence-electron chi connectivity index (χ3n) is 6.59. The van der Waals surface area contributed by atoms with Gasteiger partial charge in [0, 0.05) is 5.54 Å². The van der Waals surface area contributed by atoms with Crippen molar-refractivity contribution in [1.29, 1.82) is 0 Å². The molecule has 6 rings (SSSR count). The van der Waals surface area contributed by atoms with Crippen LogP contribution in [0.25, 0.3) is 0 Å². The normalized spacial score (nSPS) is 29.3. The lowest BCUT2D eigenvalue weighted by Gasteiger charge is -2.57. The average Bonchev–Trinajstić information content (AvgIpc) is 2.67. The third kappa shape index (κ3) is 4.35. The molecule has 7 heteroatoms. The first kappa shape index (κ1) is 19.9. The zero-order valence-electron chi connectivity index (χ0n) is 16.8. The van der Waals surface area contributed by atoms with E-state index < -0.39 is 7.75 Å². The molecule has 2 aromatic carbocycles. The second kappa shape index (κ2) is 7.90. The summed E-state index contributed by atoms with van der Waals surface area (Å²) in [7, 11) is -3.78. The van der Waals surface area contributed by atoms with E-state index >= 15 is 0 Å². The standard InChI is InChI=1S/C23H27N2O3PS/c26-29(27-20-7-3-1-4-8-20,28-21-9-5-2-6-10-21)25-22(30)24-23-14-17-11-18(15-23)13-19(12-17)16-23/h1-10,17-19H,11-16H2,(H2,24,25,26,30). The van der Waals surface area contributed by atoms with Crippen molar-refractivity contribution in [3.63, 3.8) is 0 Å². The Morgan fingerprint density at radius 2 is 1.27 bits per heavy atom. The predicted octanol–water partition coefficient (Wildman–Crippen LogP) is 5.69. The maximum Gasteiger partial charge on any atom is 0.543 e. The molecule has 30 heavy (non-hydrogen) atoms. The van der Waals surface area contributed by atoms with Gasteiger partial charge in [-0.15, -0.1) is 0 Å². The van der Waals surface area contributed by atoms with Crippen molar-refractivity contribution in [2.45, 2.75) is 44.1 Å². The quantitative estimate of drug-likeness (QED) is 0.443. The number of nitrogens with one attached hydrogen (secondary N) is 2. The molecule has 0 radical (unpaired) electrons. The molecule has 4 aliphatic rings. The molecule has 0 saturated heterocycles. The highest BCUT2D eigenvalue weighted by Gasteiger charge is 2.51. The zero-order chi connectivity index (χ0) is 20.6. The Hall–Kier alpha value is -2.04. The van der Waals surface area contributed by atoms with Gasteiger partial charge in [-0.25, -0.2) is 9.65 Å². The number of hydrogen-bond acceptors (Lipinski definition) is 4. The molecule has 0 heterocycles. The molecule has 0 aliphatic heterocycles. The second-order valence-electron chi connectivity index (χ2n) is 9.07. The Bertz CT molecular complexity index is 873. The van der Waals surface area contributed by atoms with Gasteiger partial charge in [-0.05, 0) is 92.8 Å². The van der Waals surface area contributed by atoms with E-state index in [1.54, 1.807) is 24.3 Å². The molecule has 0 spiro atoms. The Morgan fingerprint density at radius 1 is 0.833 bits per heavy atom. The molecule has 4 bridgehead atoms. The zero-order valence-corrected chi connectivity index (χ0v) is 18.5. The third-order valence-corrected chi connectivity index (χ3v) is 8.35. The highest BCUT2D eigenvalue weighted by molar-refractivity contribution is 7.81. The molecule has 4 fully saturated rings. The van der Waals surface area contributed by atoms with Crippen LogP contribution in [0.1, 0.15) is 38.5 Å². The summed E-state index contributed by atoms with van der Waals surface area (Å²) in [6.45, 7) is 0. The van der Waals surface area contributed by atoms with Gasteiger partial charge in [-0.3, -0.25) is 0 Å². The van der Waals surface area contributed by atoms with Crippen LogP contribution in [0.2, 0.25) is 0 Å². The van der Waals surface area contributed by atoms with Gasteiger partial charge in [0.2, 0.25) is 0 Å². The van der Waals surface area contributed by atoms with E-state index in [1.165, 1.54) is 19.3 Å². The van der Waals surface area contributed by atoms with Crippen molar-refractivity contribution in [2.75, 3.05) is 0 Å². The maximum atomic E-state index is 13.7. The molecule has 0 amide bonds. The summed E-state index contributed by atoms with van der Waals surface area (Å²) in [4.78, 5) is 0. The molecule has 5 nitrogen and oxygen atoms in total. The van der Waals surface area contributed by atoms with Crippen molar-refractivity contribution in [3.8, 4) is 11.5 Å². The fourth-order valence-electron chi connectivity index (χ4n) is 5.96. The predicted molar refractivity (Wildman–Crippen MR) is 122 cm³/mol. The van der Waals surface area contributed by atoms with Crippen LogP contribution in [0.5, 0.6) is 11.5 Å². The van der Waals surface area contributed by atoms with E-state index in [0.717, 1.165) is 37.0 Å². The average molecular weight is 443 g/mol. The minimum absolute atomic E-state index is 0.0170. The van der Waals surface area contributed by atoms with Gasteiger partial charge in [0.1, 0.15) is 11.5 Å². The lowest BCUT2D eigenvalue weighted by atomic mass is 9.53. The van der Waals surface area contributed by atoms with E-state index in [4.69, 9.17) is 21.3 Å². The lowest BCUT2D eigenvalue weighted by Crippen LogP contribution is -2.61. The maximum absolute atomic E-state index is 13.7. The number of rotatable bonds is 6. The van der Waals surface area contributed by atoms with E-state index in [-0.39, 0.29) is 5.54 Å². The Kier molecular flexibility index (Phi) is 5.24. The van der Waals surface area contributed by atoms with Gasteiger partial charge < -0.3 is 14.4 Å². The molecule has 4 saturated carbocycles. The summed E-state index contributed by atoms with van der Waals surface area (Å²) >= 11 is 5.62. The van der Waals surface area contributed by atoms with Gasteiger partial charge in [-0.1, -0.05) is 36.4 Å². The van der Waals surface area contributed by atoms with E-state index in [1.807, 2.05) is 36.4 Å². The van der Waals surface area contributed by atoms with Gasteiger partial charge in [0.15, 0.2) is 5.11 Å². The molecule has 0 atom stereocenters. The van der Waals surface area contributed by atoms with Crippen molar-refractivity contribution in [2.24, 2.45) is 17.8 Å². The highest BCUT2D eigenvalue weighted by Crippen LogP contribution is 2.55. The first-order chi connectivity index (χ1) is 14.5. The number of hydrogen-bond donors (Lipinski definition) is 2. The molecule has 0 aromatic heterocycles. The summed E-state index contributed by atoms with van der Waals surface area (Å²) < 4.78 is 25.2. The largest absolute Gasteiger partial charge is 0.543 e. The summed E-state index contributed by atoms with van der Waals surface area (Å²) in [6.07, 6.45) is 7.49. The van der Waals surface area contributed by atoms with Crippen LogP contribution in [-0.2, 0) is 4.57 Å². The molecule has 0 unspecified atom stereocenters.